The summed E-state index contributed by atoms with van der Waals surface area (Å²) in [6.45, 7) is 0.594. The average Bonchev–Trinajstić information content (AvgIpc) is 2.72. The van der Waals surface area contributed by atoms with Gasteiger partial charge in [0.1, 0.15) is 13.2 Å². The second kappa shape index (κ2) is 8.62. The Morgan fingerprint density at radius 2 is 1.82 bits per heavy atom. The van der Waals surface area contributed by atoms with Gasteiger partial charge in [0.25, 0.3) is 17.5 Å². The number of nitro groups is 1. The van der Waals surface area contributed by atoms with E-state index in [4.69, 9.17) is 9.47 Å². The van der Waals surface area contributed by atoms with E-state index in [9.17, 15) is 19.7 Å². The van der Waals surface area contributed by atoms with E-state index >= 15 is 0 Å². The smallest absolute Gasteiger partial charge is 0.269 e. The lowest BCUT2D eigenvalue weighted by atomic mass is 10.2. The van der Waals surface area contributed by atoms with Gasteiger partial charge in [0.2, 0.25) is 0 Å². The van der Waals surface area contributed by atoms with Gasteiger partial charge in [0, 0.05) is 17.7 Å². The fourth-order valence-electron chi connectivity index (χ4n) is 2.35. The normalized spacial score (nSPS) is 12.4. The van der Waals surface area contributed by atoms with Crippen molar-refractivity contribution in [3.63, 3.8) is 0 Å². The molecule has 3 rings (SSSR count). The number of fused-ring (bicyclic) bond motifs is 1. The Morgan fingerprint density at radius 1 is 1.11 bits per heavy atom. The van der Waals surface area contributed by atoms with Crippen LogP contribution in [-0.2, 0) is 4.79 Å². The third-order valence-corrected chi connectivity index (χ3v) is 3.72. The van der Waals surface area contributed by atoms with Gasteiger partial charge >= 0.3 is 0 Å². The molecular weight excluding hydrogens is 368 g/mol. The molecule has 0 saturated heterocycles. The number of hydrogen-bond donors (Lipinski definition) is 2. The van der Waals surface area contributed by atoms with Crippen LogP contribution in [0.15, 0.2) is 47.6 Å². The summed E-state index contributed by atoms with van der Waals surface area (Å²) in [5.74, 6) is 0.0905. The lowest BCUT2D eigenvalue weighted by Gasteiger charge is -2.18. The first-order valence-corrected chi connectivity index (χ1v) is 8.27. The zero-order valence-corrected chi connectivity index (χ0v) is 14.6. The third kappa shape index (κ3) is 4.81. The predicted molar refractivity (Wildman–Crippen MR) is 98.6 cm³/mol. The van der Waals surface area contributed by atoms with Gasteiger partial charge in [-0.05, 0) is 35.9 Å². The van der Waals surface area contributed by atoms with Crippen molar-refractivity contribution in [3.05, 3.63) is 63.7 Å². The van der Waals surface area contributed by atoms with Crippen molar-refractivity contribution in [2.45, 2.75) is 0 Å². The molecule has 0 aliphatic carbocycles. The van der Waals surface area contributed by atoms with Crippen molar-refractivity contribution in [2.24, 2.45) is 5.10 Å². The topological polar surface area (TPSA) is 132 Å². The van der Waals surface area contributed by atoms with Crippen molar-refractivity contribution in [1.82, 2.24) is 10.7 Å². The molecule has 0 unspecified atom stereocenters. The van der Waals surface area contributed by atoms with Crippen LogP contribution >= 0.6 is 0 Å². The Bertz CT molecular complexity index is 926. The molecule has 144 valence electrons. The predicted octanol–water partition coefficient (Wildman–Crippen LogP) is 1.25. The number of benzene rings is 2. The Morgan fingerprint density at radius 3 is 2.54 bits per heavy atom. The van der Waals surface area contributed by atoms with Gasteiger partial charge in [-0.1, -0.05) is 0 Å². The van der Waals surface area contributed by atoms with E-state index in [0.29, 0.717) is 35.8 Å². The van der Waals surface area contributed by atoms with E-state index < -0.39 is 16.7 Å². The number of carbonyl (C=O) groups is 2. The number of hydrazone groups is 1. The molecule has 0 spiro atoms. The second-order valence-electron chi connectivity index (χ2n) is 5.68. The van der Waals surface area contributed by atoms with Gasteiger partial charge in [-0.25, -0.2) is 5.43 Å². The number of nitrogens with zero attached hydrogens (tertiary/aromatic N) is 2. The van der Waals surface area contributed by atoms with E-state index in [-0.39, 0.29) is 12.2 Å². The molecule has 0 saturated carbocycles. The Hall–Kier alpha value is -3.95. The molecule has 0 bridgehead atoms. The average molecular weight is 384 g/mol. The van der Waals surface area contributed by atoms with Crippen molar-refractivity contribution < 1.29 is 24.0 Å². The minimum Gasteiger partial charge on any atom is -0.486 e. The maximum atomic E-state index is 12.1. The Kier molecular flexibility index (Phi) is 5.80. The van der Waals surface area contributed by atoms with Crippen molar-refractivity contribution in [2.75, 3.05) is 19.8 Å². The van der Waals surface area contributed by atoms with Gasteiger partial charge < -0.3 is 14.8 Å². The molecule has 0 fully saturated rings. The number of hydrogen-bond acceptors (Lipinski definition) is 7. The molecule has 2 aromatic rings. The molecule has 0 radical (unpaired) electrons. The van der Waals surface area contributed by atoms with Crippen LogP contribution in [0.1, 0.15) is 15.9 Å². The molecular formula is C18H16N4O6. The van der Waals surface area contributed by atoms with E-state index in [1.807, 2.05) is 0 Å². The summed E-state index contributed by atoms with van der Waals surface area (Å²) in [6, 6.07) is 10.4. The van der Waals surface area contributed by atoms with E-state index in [1.54, 1.807) is 18.2 Å². The van der Waals surface area contributed by atoms with Crippen molar-refractivity contribution in [3.8, 4) is 11.5 Å². The van der Waals surface area contributed by atoms with Crippen molar-refractivity contribution in [1.29, 1.82) is 0 Å². The van der Waals surface area contributed by atoms with Crippen LogP contribution in [0.4, 0.5) is 5.69 Å². The summed E-state index contributed by atoms with van der Waals surface area (Å²) in [5, 5.41) is 16.8. The quantitative estimate of drug-likeness (QED) is 0.438. The monoisotopic (exact) mass is 384 g/mol. The summed E-state index contributed by atoms with van der Waals surface area (Å²) in [7, 11) is 0. The van der Waals surface area contributed by atoms with Crippen LogP contribution in [0.2, 0.25) is 0 Å². The molecule has 10 heteroatoms. The van der Waals surface area contributed by atoms with Crippen LogP contribution in [0, 0.1) is 10.1 Å². The van der Waals surface area contributed by atoms with Gasteiger partial charge in [-0.15, -0.1) is 0 Å². The molecule has 28 heavy (non-hydrogen) atoms. The summed E-state index contributed by atoms with van der Waals surface area (Å²) in [4.78, 5) is 34.0. The number of nitrogens with one attached hydrogen (secondary N) is 2. The van der Waals surface area contributed by atoms with E-state index in [0.717, 1.165) is 0 Å². The first kappa shape index (κ1) is 18.8. The maximum Gasteiger partial charge on any atom is 0.269 e. The zero-order chi connectivity index (χ0) is 19.9. The maximum absolute atomic E-state index is 12.1. The fraction of sp³-hybridized carbons (Fsp3) is 0.167. The van der Waals surface area contributed by atoms with Crippen LogP contribution in [0.5, 0.6) is 11.5 Å². The largest absolute Gasteiger partial charge is 0.486 e. The number of amides is 2. The van der Waals surface area contributed by atoms with E-state index in [1.165, 1.54) is 30.5 Å². The summed E-state index contributed by atoms with van der Waals surface area (Å²) in [5.41, 5.74) is 3.14. The highest BCUT2D eigenvalue weighted by atomic mass is 16.6. The fourth-order valence-corrected chi connectivity index (χ4v) is 2.35. The van der Waals surface area contributed by atoms with Crippen LogP contribution in [0.25, 0.3) is 0 Å². The first-order chi connectivity index (χ1) is 13.5. The van der Waals surface area contributed by atoms with Crippen LogP contribution in [-0.4, -0.2) is 42.7 Å². The lowest BCUT2D eigenvalue weighted by Crippen LogP contribution is -2.35. The molecule has 1 aliphatic rings. The number of nitro benzene ring substituents is 1. The summed E-state index contributed by atoms with van der Waals surface area (Å²) < 4.78 is 10.8. The number of non-ortho nitro benzene ring substituents is 1. The molecule has 0 atom stereocenters. The van der Waals surface area contributed by atoms with Gasteiger partial charge in [-0.3, -0.25) is 19.7 Å². The number of rotatable bonds is 6. The van der Waals surface area contributed by atoms with Crippen molar-refractivity contribution >= 4 is 23.7 Å². The van der Waals surface area contributed by atoms with Gasteiger partial charge in [-0.2, -0.15) is 5.10 Å². The Labute approximate surface area is 159 Å². The molecule has 1 aliphatic heterocycles. The zero-order valence-electron chi connectivity index (χ0n) is 14.6. The highest BCUT2D eigenvalue weighted by Gasteiger charge is 2.15. The number of carbonyl (C=O) groups excluding carboxylic acids is 2. The SMILES string of the molecule is O=C(CNC(=O)c1ccc2c(c1)OCCO2)N/N=C\c1ccc([N+](=O)[O-])cc1. The summed E-state index contributed by atoms with van der Waals surface area (Å²) >= 11 is 0. The Balaban J connectivity index is 1.47. The third-order valence-electron chi connectivity index (χ3n) is 3.72. The molecule has 0 aromatic heterocycles. The highest BCUT2D eigenvalue weighted by Crippen LogP contribution is 2.30. The van der Waals surface area contributed by atoms with Gasteiger partial charge in [0.05, 0.1) is 17.7 Å². The second-order valence-corrected chi connectivity index (χ2v) is 5.68. The molecule has 2 amide bonds. The molecule has 2 N–H and O–H groups in total. The van der Waals surface area contributed by atoms with Gasteiger partial charge in [0.15, 0.2) is 11.5 Å². The first-order valence-electron chi connectivity index (χ1n) is 8.27. The van der Waals surface area contributed by atoms with E-state index in [2.05, 4.69) is 15.8 Å². The lowest BCUT2D eigenvalue weighted by molar-refractivity contribution is -0.384. The molecule has 2 aromatic carbocycles. The molecule has 1 heterocycles. The minimum absolute atomic E-state index is 0.0389. The highest BCUT2D eigenvalue weighted by molar-refractivity contribution is 5.97. The minimum atomic E-state index is -0.524. The van der Waals surface area contributed by atoms with Crippen LogP contribution < -0.4 is 20.2 Å². The van der Waals surface area contributed by atoms with Crippen LogP contribution in [0.3, 0.4) is 0 Å². The summed E-state index contributed by atoms with van der Waals surface area (Å²) in [6.07, 6.45) is 1.34. The molecule has 10 nitrogen and oxygen atoms in total. The number of ether oxygens (including phenoxy) is 2. The standard InChI is InChI=1S/C18H16N4O6/c23-17(21-20-10-12-1-4-14(5-2-12)22(25)26)11-19-18(24)13-3-6-15-16(9-13)28-8-7-27-15/h1-6,9-10H,7-8,11H2,(H,19,24)(H,21,23)/b20-10-.